The number of carbonyl (C=O) groups excluding carboxylic acids is 1. The van der Waals surface area contributed by atoms with Gasteiger partial charge in [-0.05, 0) is 96.5 Å². The van der Waals surface area contributed by atoms with Crippen LogP contribution in [0.2, 0.25) is 5.02 Å². The van der Waals surface area contributed by atoms with Crippen molar-refractivity contribution in [1.82, 2.24) is 4.90 Å². The van der Waals surface area contributed by atoms with Crippen LogP contribution in [0.15, 0.2) is 48.5 Å². The van der Waals surface area contributed by atoms with Crippen molar-refractivity contribution in [1.29, 1.82) is 0 Å². The van der Waals surface area contributed by atoms with Crippen molar-refractivity contribution >= 4 is 35.0 Å². The topological polar surface area (TPSA) is 60.0 Å². The van der Waals surface area contributed by atoms with Gasteiger partial charge in [0.1, 0.15) is 5.75 Å². The van der Waals surface area contributed by atoms with E-state index in [-0.39, 0.29) is 24.7 Å². The number of carbonyl (C=O) groups is 1. The number of nitrogens with one attached hydrogen (secondary N) is 1. The Morgan fingerprint density at radius 1 is 1.07 bits per heavy atom. The van der Waals surface area contributed by atoms with Gasteiger partial charge in [-0.1, -0.05) is 43.6 Å². The molecule has 41 heavy (non-hydrogen) atoms. The molecule has 1 N–H and O–H groups in total. The van der Waals surface area contributed by atoms with Gasteiger partial charge in [-0.15, -0.1) is 0 Å². The number of nitrogens with zero attached hydrogens (tertiary/aromatic N) is 1. The molecule has 0 radical (unpaired) electrons. The summed E-state index contributed by atoms with van der Waals surface area (Å²) >= 11 is 8.13. The van der Waals surface area contributed by atoms with Crippen LogP contribution in [0.1, 0.15) is 60.0 Å². The minimum atomic E-state index is -0.0127. The summed E-state index contributed by atoms with van der Waals surface area (Å²) in [5.74, 6) is 3.71. The zero-order valence-electron chi connectivity index (χ0n) is 24.3. The Hall–Kier alpha value is -2.87. The highest BCUT2D eigenvalue weighted by Crippen LogP contribution is 2.45. The predicted molar refractivity (Wildman–Crippen MR) is 168 cm³/mol. The van der Waals surface area contributed by atoms with Gasteiger partial charge in [0.15, 0.2) is 11.5 Å². The molecule has 0 saturated carbocycles. The molecule has 8 heteroatoms. The lowest BCUT2D eigenvalue weighted by Gasteiger charge is -2.25. The van der Waals surface area contributed by atoms with Crippen molar-refractivity contribution in [3.8, 4) is 17.2 Å². The first-order chi connectivity index (χ1) is 19.9. The van der Waals surface area contributed by atoms with Gasteiger partial charge in [-0.2, -0.15) is 11.8 Å². The maximum atomic E-state index is 13.6. The highest BCUT2D eigenvalue weighted by atomic mass is 35.5. The van der Waals surface area contributed by atoms with E-state index in [0.717, 1.165) is 71.2 Å². The molecule has 3 aromatic rings. The summed E-state index contributed by atoms with van der Waals surface area (Å²) in [4.78, 5) is 15.9. The van der Waals surface area contributed by atoms with Crippen LogP contribution in [0.4, 0.5) is 5.69 Å². The standard InChI is InChI=1S/C33H39ClN2O4S/c1-5-22-14-27(34)15-23(6-2)32(22)35-31(37)19-36-18-26(25-13-21(3)33-30(17-25)39-20-40-33)16-29(36)24-7-9-28(10-8-24)38-11-12-41-4/h7-10,13-15,17,26,29H,5-6,11-12,16,18-20H2,1-4H3,(H,35,37)/t26-,29-/m1/s1. The SMILES string of the molecule is CCc1cc(Cl)cc(CC)c1NC(=O)CN1C[C@H](c2cc(C)c3c(c2)OCO3)C[C@@H]1c1ccc(OCCSC)cc1. The van der Waals surface area contributed by atoms with E-state index in [1.165, 1.54) is 11.1 Å². The number of anilines is 1. The van der Waals surface area contributed by atoms with E-state index in [1.807, 2.05) is 24.3 Å². The minimum Gasteiger partial charge on any atom is -0.493 e. The summed E-state index contributed by atoms with van der Waals surface area (Å²) in [5.41, 5.74) is 6.50. The molecule has 0 unspecified atom stereocenters. The van der Waals surface area contributed by atoms with Gasteiger partial charge in [0.25, 0.3) is 0 Å². The van der Waals surface area contributed by atoms with Gasteiger partial charge in [-0.3, -0.25) is 9.69 Å². The van der Waals surface area contributed by atoms with Gasteiger partial charge >= 0.3 is 0 Å². The third-order valence-corrected chi connectivity index (χ3v) is 8.81. The monoisotopic (exact) mass is 594 g/mol. The number of thioether (sulfide) groups is 1. The average Bonchev–Trinajstić information content (AvgIpc) is 3.62. The number of halogens is 1. The van der Waals surface area contributed by atoms with E-state index in [9.17, 15) is 4.79 Å². The molecule has 2 aliphatic rings. The lowest BCUT2D eigenvalue weighted by Crippen LogP contribution is -2.33. The van der Waals surface area contributed by atoms with Crippen molar-refractivity contribution in [3.05, 3.63) is 81.4 Å². The quantitative estimate of drug-likeness (QED) is 0.233. The van der Waals surface area contributed by atoms with Crippen LogP contribution in [-0.2, 0) is 17.6 Å². The number of amides is 1. The lowest BCUT2D eigenvalue weighted by atomic mass is 9.92. The summed E-state index contributed by atoms with van der Waals surface area (Å²) in [6.45, 7) is 8.25. The molecule has 0 aliphatic carbocycles. The fraction of sp³-hybridized carbons (Fsp3) is 0.424. The van der Waals surface area contributed by atoms with Crippen LogP contribution in [0.3, 0.4) is 0 Å². The number of hydrogen-bond acceptors (Lipinski definition) is 6. The Kier molecular flexibility index (Phi) is 9.68. The predicted octanol–water partition coefficient (Wildman–Crippen LogP) is 7.41. The molecular weight excluding hydrogens is 556 g/mol. The van der Waals surface area contributed by atoms with E-state index < -0.39 is 0 Å². The maximum Gasteiger partial charge on any atom is 0.238 e. The molecular formula is C33H39ClN2O4S. The molecule has 1 amide bonds. The van der Waals surface area contributed by atoms with E-state index in [0.29, 0.717) is 18.2 Å². The lowest BCUT2D eigenvalue weighted by molar-refractivity contribution is -0.117. The largest absolute Gasteiger partial charge is 0.493 e. The Morgan fingerprint density at radius 3 is 2.49 bits per heavy atom. The Balaban J connectivity index is 1.38. The molecule has 5 rings (SSSR count). The number of ether oxygens (including phenoxy) is 3. The van der Waals surface area contributed by atoms with E-state index >= 15 is 0 Å². The van der Waals surface area contributed by atoms with Crippen LogP contribution >= 0.6 is 23.4 Å². The summed E-state index contributed by atoms with van der Waals surface area (Å²) in [5, 5.41) is 3.95. The van der Waals surface area contributed by atoms with Crippen LogP contribution in [0.25, 0.3) is 0 Å². The molecule has 0 spiro atoms. The number of likely N-dealkylation sites (tertiary alicyclic amines) is 1. The minimum absolute atomic E-state index is 0.0127. The highest BCUT2D eigenvalue weighted by molar-refractivity contribution is 7.98. The molecule has 2 atom stereocenters. The number of aryl methyl sites for hydroxylation is 3. The van der Waals surface area contributed by atoms with Crippen molar-refractivity contribution in [3.63, 3.8) is 0 Å². The molecule has 6 nitrogen and oxygen atoms in total. The second-order valence-corrected chi connectivity index (χ2v) is 12.1. The second kappa shape index (κ2) is 13.4. The van der Waals surface area contributed by atoms with Crippen molar-refractivity contribution in [2.75, 3.05) is 43.8 Å². The molecule has 3 aromatic carbocycles. The molecule has 1 fully saturated rings. The summed E-state index contributed by atoms with van der Waals surface area (Å²) in [6, 6.07) is 16.7. The van der Waals surface area contributed by atoms with Crippen molar-refractivity contribution in [2.45, 2.75) is 52.0 Å². The zero-order chi connectivity index (χ0) is 28.9. The Morgan fingerprint density at radius 2 is 1.80 bits per heavy atom. The normalized spacial score (nSPS) is 18.1. The number of benzene rings is 3. The van der Waals surface area contributed by atoms with Crippen LogP contribution in [0, 0.1) is 6.92 Å². The first kappa shape index (κ1) is 29.6. The molecule has 1 saturated heterocycles. The van der Waals surface area contributed by atoms with Crippen molar-refractivity contribution < 1.29 is 19.0 Å². The van der Waals surface area contributed by atoms with Gasteiger partial charge in [0.2, 0.25) is 12.7 Å². The highest BCUT2D eigenvalue weighted by Gasteiger charge is 2.36. The molecule has 218 valence electrons. The van der Waals surface area contributed by atoms with Crippen LogP contribution < -0.4 is 19.5 Å². The first-order valence-corrected chi connectivity index (χ1v) is 16.1. The van der Waals surface area contributed by atoms with Gasteiger partial charge < -0.3 is 19.5 Å². The van der Waals surface area contributed by atoms with Crippen LogP contribution in [0.5, 0.6) is 17.2 Å². The fourth-order valence-corrected chi connectivity index (χ4v) is 6.46. The van der Waals surface area contributed by atoms with Gasteiger partial charge in [-0.25, -0.2) is 0 Å². The second-order valence-electron chi connectivity index (χ2n) is 10.7. The summed E-state index contributed by atoms with van der Waals surface area (Å²) in [6.07, 6.45) is 4.58. The third-order valence-electron chi connectivity index (χ3n) is 8.02. The van der Waals surface area contributed by atoms with Crippen LogP contribution in [-0.4, -0.2) is 49.3 Å². The van der Waals surface area contributed by atoms with Gasteiger partial charge in [0, 0.05) is 29.0 Å². The molecule has 0 bridgehead atoms. The molecule has 2 aliphatic heterocycles. The maximum absolute atomic E-state index is 13.6. The number of rotatable bonds is 11. The van der Waals surface area contributed by atoms with E-state index in [1.54, 1.807) is 11.8 Å². The first-order valence-electron chi connectivity index (χ1n) is 14.4. The van der Waals surface area contributed by atoms with E-state index in [4.69, 9.17) is 25.8 Å². The smallest absolute Gasteiger partial charge is 0.238 e. The zero-order valence-corrected chi connectivity index (χ0v) is 25.9. The molecule has 2 heterocycles. The number of fused-ring (bicyclic) bond motifs is 1. The summed E-state index contributed by atoms with van der Waals surface area (Å²) in [7, 11) is 0. The Bertz CT molecular complexity index is 1360. The third kappa shape index (κ3) is 6.79. The average molecular weight is 595 g/mol. The number of hydrogen-bond donors (Lipinski definition) is 1. The molecule has 0 aromatic heterocycles. The van der Waals surface area contributed by atoms with E-state index in [2.05, 4.69) is 61.5 Å². The summed E-state index contributed by atoms with van der Waals surface area (Å²) < 4.78 is 17.3. The van der Waals surface area contributed by atoms with Gasteiger partial charge in [0.05, 0.1) is 13.2 Å². The van der Waals surface area contributed by atoms with Crippen molar-refractivity contribution in [2.24, 2.45) is 0 Å². The Labute approximate surface area is 252 Å². The fourth-order valence-electron chi connectivity index (χ4n) is 5.95.